The molecule has 0 radical (unpaired) electrons. The Morgan fingerprint density at radius 3 is 2.27 bits per heavy atom. The van der Waals surface area contributed by atoms with Crippen LogP contribution in [-0.4, -0.2) is 50.0 Å². The number of carbonyl (C=O) groups excluding carboxylic acids is 2. The van der Waals surface area contributed by atoms with Crippen molar-refractivity contribution in [3.8, 4) is 17.2 Å². The molecule has 3 rings (SSSR count). The molecule has 8 heteroatoms. The number of urea groups is 1. The fourth-order valence-corrected chi connectivity index (χ4v) is 3.26. The zero-order chi connectivity index (χ0) is 21.7. The zero-order valence-electron chi connectivity index (χ0n) is 17.5. The average molecular weight is 411 g/mol. The Bertz CT molecular complexity index is 961. The summed E-state index contributed by atoms with van der Waals surface area (Å²) in [5, 5.41) is 7.72. The first-order valence-electron chi connectivity index (χ1n) is 9.46. The maximum Gasteiger partial charge on any atom is 0.346 e. The lowest BCUT2D eigenvalue weighted by Gasteiger charge is -2.20. The van der Waals surface area contributed by atoms with E-state index in [-0.39, 0.29) is 0 Å². The van der Waals surface area contributed by atoms with Crippen LogP contribution in [0.4, 0.5) is 4.79 Å². The normalized spacial score (nSPS) is 18.6. The molecule has 1 fully saturated rings. The van der Waals surface area contributed by atoms with Gasteiger partial charge in [0.15, 0.2) is 11.5 Å². The first kappa shape index (κ1) is 21.2. The van der Waals surface area contributed by atoms with Gasteiger partial charge >= 0.3 is 6.03 Å². The lowest BCUT2D eigenvalue weighted by Crippen LogP contribution is -2.44. The minimum absolute atomic E-state index is 0.404. The van der Waals surface area contributed by atoms with Crippen molar-refractivity contribution in [3.05, 3.63) is 53.6 Å². The molecule has 30 heavy (non-hydrogen) atoms. The highest BCUT2D eigenvalue weighted by Crippen LogP contribution is 2.34. The molecule has 158 valence electrons. The summed E-state index contributed by atoms with van der Waals surface area (Å²) in [6.07, 6.45) is 2.51. The van der Waals surface area contributed by atoms with Crippen molar-refractivity contribution >= 4 is 18.2 Å². The molecule has 0 aromatic heterocycles. The quantitative estimate of drug-likeness (QED) is 0.533. The molecule has 2 aromatic carbocycles. The number of hydrogen-bond acceptors (Lipinski definition) is 6. The maximum absolute atomic E-state index is 12.9. The van der Waals surface area contributed by atoms with E-state index in [4.69, 9.17) is 14.2 Å². The Morgan fingerprint density at radius 1 is 1.00 bits per heavy atom. The van der Waals surface area contributed by atoms with Gasteiger partial charge in [-0.1, -0.05) is 30.3 Å². The highest BCUT2D eigenvalue weighted by Gasteiger charge is 2.47. The SMILES string of the molecule is COc1cc(OC)c(OC)cc1/C=N\N1C(=O)N[C@@](C)(CCc2ccccc2)C1=O. The van der Waals surface area contributed by atoms with E-state index in [2.05, 4.69) is 10.4 Å². The van der Waals surface area contributed by atoms with Crippen LogP contribution >= 0.6 is 0 Å². The highest BCUT2D eigenvalue weighted by molar-refractivity contribution is 6.07. The summed E-state index contributed by atoms with van der Waals surface area (Å²) >= 11 is 0. The minimum Gasteiger partial charge on any atom is -0.496 e. The Balaban J connectivity index is 1.79. The van der Waals surface area contributed by atoms with Gasteiger partial charge in [-0.2, -0.15) is 5.10 Å². The van der Waals surface area contributed by atoms with Crippen LogP contribution in [0.3, 0.4) is 0 Å². The van der Waals surface area contributed by atoms with Crippen molar-refractivity contribution in [1.29, 1.82) is 0 Å². The Hall–Kier alpha value is -3.55. The van der Waals surface area contributed by atoms with Crippen molar-refractivity contribution in [1.82, 2.24) is 10.3 Å². The van der Waals surface area contributed by atoms with E-state index in [1.165, 1.54) is 27.5 Å². The molecule has 1 N–H and O–H groups in total. The van der Waals surface area contributed by atoms with Crippen LogP contribution in [0.15, 0.2) is 47.6 Å². The van der Waals surface area contributed by atoms with Crippen LogP contribution in [0, 0.1) is 0 Å². The van der Waals surface area contributed by atoms with E-state index in [0.29, 0.717) is 35.7 Å². The molecule has 1 heterocycles. The summed E-state index contributed by atoms with van der Waals surface area (Å²) < 4.78 is 15.9. The number of nitrogens with one attached hydrogen (secondary N) is 1. The molecule has 3 amide bonds. The van der Waals surface area contributed by atoms with Gasteiger partial charge in [-0.3, -0.25) is 4.79 Å². The number of carbonyl (C=O) groups is 2. The van der Waals surface area contributed by atoms with Gasteiger partial charge in [0.1, 0.15) is 11.3 Å². The van der Waals surface area contributed by atoms with Crippen LogP contribution < -0.4 is 19.5 Å². The molecule has 1 aliphatic heterocycles. The topological polar surface area (TPSA) is 89.5 Å². The number of aryl methyl sites for hydroxylation is 1. The smallest absolute Gasteiger partial charge is 0.346 e. The van der Waals surface area contributed by atoms with Gasteiger partial charge < -0.3 is 19.5 Å². The van der Waals surface area contributed by atoms with E-state index in [9.17, 15) is 9.59 Å². The third-order valence-corrected chi connectivity index (χ3v) is 5.04. The molecule has 0 aliphatic carbocycles. The van der Waals surface area contributed by atoms with E-state index in [0.717, 1.165) is 10.6 Å². The number of hydrazone groups is 1. The average Bonchev–Trinajstić information content (AvgIpc) is 2.99. The molecule has 1 atom stereocenters. The number of ether oxygens (including phenoxy) is 3. The van der Waals surface area contributed by atoms with Gasteiger partial charge in [0.05, 0.1) is 27.5 Å². The summed E-state index contributed by atoms with van der Waals surface area (Å²) in [6.45, 7) is 1.71. The molecule has 0 bridgehead atoms. The number of methoxy groups -OCH3 is 3. The predicted molar refractivity (Wildman–Crippen MR) is 112 cm³/mol. The number of amides is 3. The first-order chi connectivity index (χ1) is 14.4. The second-order valence-electron chi connectivity index (χ2n) is 7.06. The number of rotatable bonds is 8. The van der Waals surface area contributed by atoms with Gasteiger partial charge in [0, 0.05) is 11.6 Å². The third kappa shape index (κ3) is 4.22. The van der Waals surface area contributed by atoms with Crippen molar-refractivity contribution in [2.45, 2.75) is 25.3 Å². The lowest BCUT2D eigenvalue weighted by molar-refractivity contribution is -0.130. The number of hydrogen-bond donors (Lipinski definition) is 1. The molecule has 0 saturated carbocycles. The van der Waals surface area contributed by atoms with E-state index >= 15 is 0 Å². The van der Waals surface area contributed by atoms with E-state index < -0.39 is 17.5 Å². The molecule has 8 nitrogen and oxygen atoms in total. The summed E-state index contributed by atoms with van der Waals surface area (Å²) in [5.74, 6) is 1.04. The predicted octanol–water partition coefficient (Wildman–Crippen LogP) is 2.99. The summed E-state index contributed by atoms with van der Waals surface area (Å²) in [5.41, 5.74) is 0.609. The Kier molecular flexibility index (Phi) is 6.25. The van der Waals surface area contributed by atoms with Crippen LogP contribution in [0.1, 0.15) is 24.5 Å². The first-order valence-corrected chi connectivity index (χ1v) is 9.46. The van der Waals surface area contributed by atoms with Crippen LogP contribution in [-0.2, 0) is 11.2 Å². The Labute approximate surface area is 175 Å². The monoisotopic (exact) mass is 411 g/mol. The van der Waals surface area contributed by atoms with E-state index in [1.807, 2.05) is 30.3 Å². The molecule has 1 saturated heterocycles. The van der Waals surface area contributed by atoms with Gasteiger partial charge in [-0.25, -0.2) is 4.79 Å². The summed E-state index contributed by atoms with van der Waals surface area (Å²) in [7, 11) is 4.54. The van der Waals surface area contributed by atoms with Crippen LogP contribution in [0.5, 0.6) is 17.2 Å². The van der Waals surface area contributed by atoms with Crippen LogP contribution in [0.2, 0.25) is 0 Å². The van der Waals surface area contributed by atoms with Crippen molar-refractivity contribution in [3.63, 3.8) is 0 Å². The van der Waals surface area contributed by atoms with Gasteiger partial charge in [0.25, 0.3) is 5.91 Å². The molecule has 1 aliphatic rings. The Morgan fingerprint density at radius 2 is 1.63 bits per heavy atom. The molecule has 0 unspecified atom stereocenters. The largest absolute Gasteiger partial charge is 0.496 e. The third-order valence-electron chi connectivity index (χ3n) is 5.04. The summed E-state index contributed by atoms with van der Waals surface area (Å²) in [6, 6.07) is 12.6. The standard InChI is InChI=1S/C22H25N3O5/c1-22(11-10-15-8-6-5-7-9-15)20(26)25(21(27)24-22)23-14-16-12-18(29-3)19(30-4)13-17(16)28-2/h5-9,12-14H,10-11H2,1-4H3,(H,24,27)/b23-14-/t22-/m0/s1. The fourth-order valence-electron chi connectivity index (χ4n) is 3.26. The van der Waals surface area contributed by atoms with Gasteiger partial charge in [-0.15, -0.1) is 5.01 Å². The zero-order valence-corrected chi connectivity index (χ0v) is 17.5. The summed E-state index contributed by atoms with van der Waals surface area (Å²) in [4.78, 5) is 25.3. The van der Waals surface area contributed by atoms with Crippen molar-refractivity contribution < 1.29 is 23.8 Å². The fraction of sp³-hybridized carbons (Fsp3) is 0.318. The molecule has 0 spiro atoms. The second kappa shape index (κ2) is 8.86. The van der Waals surface area contributed by atoms with Gasteiger partial charge in [0.2, 0.25) is 0 Å². The molecule has 2 aromatic rings. The molecular formula is C22H25N3O5. The van der Waals surface area contributed by atoms with Crippen LogP contribution in [0.25, 0.3) is 0 Å². The van der Waals surface area contributed by atoms with Crippen molar-refractivity contribution in [2.24, 2.45) is 5.10 Å². The number of nitrogens with zero attached hydrogens (tertiary/aromatic N) is 2. The molecular weight excluding hydrogens is 386 g/mol. The van der Waals surface area contributed by atoms with E-state index in [1.54, 1.807) is 19.1 Å². The van der Waals surface area contributed by atoms with Crippen molar-refractivity contribution in [2.75, 3.05) is 21.3 Å². The highest BCUT2D eigenvalue weighted by atomic mass is 16.5. The van der Waals surface area contributed by atoms with Gasteiger partial charge in [-0.05, 0) is 31.4 Å². The maximum atomic E-state index is 12.9. The number of imide groups is 1. The number of benzene rings is 2. The second-order valence-corrected chi connectivity index (χ2v) is 7.06. The minimum atomic E-state index is -1.02. The lowest BCUT2D eigenvalue weighted by atomic mass is 9.93.